The Hall–Kier alpha value is -4.11. The molecule has 1 aromatic heterocycles. The van der Waals surface area contributed by atoms with Crippen molar-refractivity contribution >= 4 is 16.9 Å². The van der Waals surface area contributed by atoms with Crippen LogP contribution in [0.25, 0.3) is 11.0 Å². The maximum Gasteiger partial charge on any atom is 0.417 e. The van der Waals surface area contributed by atoms with Crippen LogP contribution in [0.4, 0.5) is 13.2 Å². The van der Waals surface area contributed by atoms with Gasteiger partial charge in [0.2, 0.25) is 5.91 Å². The zero-order valence-electron chi connectivity index (χ0n) is 26.3. The lowest BCUT2D eigenvalue weighted by atomic mass is 9.82. The molecule has 1 atom stereocenters. The molecule has 0 bridgehead atoms. The van der Waals surface area contributed by atoms with Gasteiger partial charge in [0.25, 0.3) is 0 Å². The summed E-state index contributed by atoms with van der Waals surface area (Å²) in [4.78, 5) is 25.6. The summed E-state index contributed by atoms with van der Waals surface area (Å²) in [7, 11) is 0. The van der Waals surface area contributed by atoms with Gasteiger partial charge in [-0.25, -0.2) is 4.79 Å². The van der Waals surface area contributed by atoms with Crippen molar-refractivity contribution in [3.63, 3.8) is 0 Å². The number of carbonyl (C=O) groups excluding carboxylic acids is 1. The summed E-state index contributed by atoms with van der Waals surface area (Å²) in [6.07, 6.45) is 6.60. The maximum atomic E-state index is 13.8. The van der Waals surface area contributed by atoms with E-state index in [1.165, 1.54) is 6.07 Å². The lowest BCUT2D eigenvalue weighted by molar-refractivity contribution is -0.136. The highest BCUT2D eigenvalue weighted by Crippen LogP contribution is 2.40. The third-order valence-electron chi connectivity index (χ3n) is 7.57. The number of halogens is 3. The lowest BCUT2D eigenvalue weighted by Gasteiger charge is -2.30. The van der Waals surface area contributed by atoms with Gasteiger partial charge in [-0.05, 0) is 61.8 Å². The number of ether oxygens (including phenoxy) is 1. The second-order valence-electron chi connectivity index (χ2n) is 10.9. The van der Waals surface area contributed by atoms with Crippen LogP contribution in [0.2, 0.25) is 0 Å². The first-order valence-corrected chi connectivity index (χ1v) is 15.4. The van der Waals surface area contributed by atoms with Gasteiger partial charge < -0.3 is 20.2 Å². The van der Waals surface area contributed by atoms with Crippen LogP contribution in [-0.2, 0) is 29.4 Å². The van der Waals surface area contributed by atoms with E-state index in [2.05, 4.69) is 11.9 Å². The molecule has 1 amide bonds. The molecule has 1 unspecified atom stereocenters. The van der Waals surface area contributed by atoms with E-state index in [0.717, 1.165) is 6.42 Å². The summed E-state index contributed by atoms with van der Waals surface area (Å²) in [5.41, 5.74) is 5.57. The van der Waals surface area contributed by atoms with E-state index in [-0.39, 0.29) is 16.9 Å². The number of rotatable bonds is 16. The molecule has 0 radical (unpaired) electrons. The van der Waals surface area contributed by atoms with Crippen LogP contribution >= 0.6 is 0 Å². The normalized spacial score (nSPS) is 13.6. The minimum Gasteiger partial charge on any atom is -0.493 e. The van der Waals surface area contributed by atoms with Gasteiger partial charge in [0.05, 0.1) is 12.2 Å². The second kappa shape index (κ2) is 16.3. The minimum atomic E-state index is -4.69. The summed E-state index contributed by atoms with van der Waals surface area (Å²) < 4.78 is 53.1. The Kier molecular flexibility index (Phi) is 12.8. The highest BCUT2D eigenvalue weighted by Gasteiger charge is 2.38. The van der Waals surface area contributed by atoms with Gasteiger partial charge in [-0.15, -0.1) is 0 Å². The molecule has 3 aromatic rings. The number of hydrogen-bond donors (Lipinski definition) is 2. The van der Waals surface area contributed by atoms with Gasteiger partial charge >= 0.3 is 11.8 Å². The fraction of sp³-hybridized carbons (Fsp3) is 0.389. The summed E-state index contributed by atoms with van der Waals surface area (Å²) in [5.74, 6) is 0.146. The number of nitrogens with two attached hydrogens (primary N) is 1. The van der Waals surface area contributed by atoms with E-state index in [4.69, 9.17) is 14.9 Å². The molecule has 0 fully saturated rings. The molecule has 242 valence electrons. The van der Waals surface area contributed by atoms with Gasteiger partial charge in [-0.3, -0.25) is 4.79 Å². The average Bonchev–Trinajstić information content (AvgIpc) is 3.01. The number of nitrogens with one attached hydrogen (secondary N) is 1. The molecule has 0 saturated carbocycles. The number of fused-ring (bicyclic) bond motifs is 1. The number of amides is 1. The van der Waals surface area contributed by atoms with E-state index in [9.17, 15) is 22.8 Å². The van der Waals surface area contributed by atoms with Crippen LogP contribution in [-0.4, -0.2) is 19.1 Å². The van der Waals surface area contributed by atoms with Gasteiger partial charge in [0.1, 0.15) is 16.9 Å². The largest absolute Gasteiger partial charge is 0.493 e. The van der Waals surface area contributed by atoms with Crippen molar-refractivity contribution in [1.82, 2.24) is 5.32 Å². The van der Waals surface area contributed by atoms with Crippen LogP contribution < -0.4 is 21.4 Å². The van der Waals surface area contributed by atoms with Gasteiger partial charge in [-0.2, -0.15) is 13.2 Å². The number of aryl methyl sites for hydroxylation is 2. The van der Waals surface area contributed by atoms with Gasteiger partial charge in [-0.1, -0.05) is 87.9 Å². The number of hydrogen-bond acceptors (Lipinski definition) is 5. The first-order valence-electron chi connectivity index (χ1n) is 15.4. The molecule has 1 heterocycles. The van der Waals surface area contributed by atoms with Crippen molar-refractivity contribution in [1.29, 1.82) is 0 Å². The highest BCUT2D eigenvalue weighted by molar-refractivity contribution is 5.92. The Balaban J connectivity index is 1.72. The zero-order valence-corrected chi connectivity index (χ0v) is 26.3. The van der Waals surface area contributed by atoms with Crippen molar-refractivity contribution in [3.05, 3.63) is 112 Å². The molecule has 2 aromatic carbocycles. The van der Waals surface area contributed by atoms with Crippen LogP contribution in [0, 0.1) is 0 Å². The standard InChI is InChI=1S/C36H43F3N2O4/c1-5-9-18-26(8-4)35(40,27-19-12-10-13-20-27)34(43)41-21-14-11-15-22-44-32-25(16-6-2)23-29-30(36(37,38)39)24-31(42)45-33(29)28(32)17-7-3/h5,8-10,12-13,18-20,23-24H,4,6-7,11,14-17,21-22,40H2,1-3H3,(H,41,43)/b9-5-,26-18+. The van der Waals surface area contributed by atoms with Crippen LogP contribution in [0.15, 0.2) is 88.1 Å². The maximum absolute atomic E-state index is 13.8. The van der Waals surface area contributed by atoms with E-state index in [1.54, 1.807) is 12.2 Å². The lowest BCUT2D eigenvalue weighted by Crippen LogP contribution is -2.52. The number of alkyl halides is 3. The predicted octanol–water partition coefficient (Wildman–Crippen LogP) is 7.92. The summed E-state index contributed by atoms with van der Waals surface area (Å²) >= 11 is 0. The second-order valence-corrected chi connectivity index (χ2v) is 10.9. The Bertz CT molecular complexity index is 1580. The predicted molar refractivity (Wildman–Crippen MR) is 173 cm³/mol. The molecule has 6 nitrogen and oxygen atoms in total. The number of carbonyl (C=O) groups is 1. The smallest absolute Gasteiger partial charge is 0.417 e. The first kappa shape index (κ1) is 35.4. The molecular weight excluding hydrogens is 581 g/mol. The first-order chi connectivity index (χ1) is 21.5. The van der Waals surface area contributed by atoms with Crippen LogP contribution in [0.1, 0.15) is 75.1 Å². The number of allylic oxidation sites excluding steroid dienone is 3. The van der Waals surface area contributed by atoms with Crippen LogP contribution in [0.3, 0.4) is 0 Å². The molecule has 3 N–H and O–H groups in total. The van der Waals surface area contributed by atoms with Crippen molar-refractivity contribution in [2.24, 2.45) is 5.73 Å². The topological polar surface area (TPSA) is 94.6 Å². The SMILES string of the molecule is C=C/C(=C\C=C/C)C(N)(C(=O)NCCCCCOc1c(CCC)cc2c(C(F)(F)F)cc(=O)oc2c1CCC)c1ccccc1. The summed E-state index contributed by atoms with van der Waals surface area (Å²) in [6.45, 7) is 10.3. The summed E-state index contributed by atoms with van der Waals surface area (Å²) in [5, 5.41) is 2.84. The Morgan fingerprint density at radius 2 is 1.78 bits per heavy atom. The number of unbranched alkanes of at least 4 members (excludes halogenated alkanes) is 2. The molecule has 0 spiro atoms. The van der Waals surface area contributed by atoms with Crippen molar-refractivity contribution in [2.45, 2.75) is 77.4 Å². The van der Waals surface area contributed by atoms with E-state index in [1.807, 2.05) is 63.3 Å². The molecule has 9 heteroatoms. The van der Waals surface area contributed by atoms with Crippen molar-refractivity contribution in [3.8, 4) is 5.75 Å². The van der Waals surface area contributed by atoms with Crippen molar-refractivity contribution < 1.29 is 27.1 Å². The van der Waals surface area contributed by atoms with Crippen LogP contribution in [0.5, 0.6) is 5.75 Å². The Labute approximate surface area is 262 Å². The monoisotopic (exact) mass is 624 g/mol. The van der Waals surface area contributed by atoms with E-state index in [0.29, 0.717) is 85.8 Å². The Morgan fingerprint density at radius 3 is 2.40 bits per heavy atom. The molecule has 3 rings (SSSR count). The average molecular weight is 625 g/mol. The molecule has 45 heavy (non-hydrogen) atoms. The molecule has 0 aliphatic carbocycles. The number of benzene rings is 2. The third-order valence-corrected chi connectivity index (χ3v) is 7.57. The fourth-order valence-corrected chi connectivity index (χ4v) is 5.36. The minimum absolute atomic E-state index is 0.0692. The highest BCUT2D eigenvalue weighted by atomic mass is 19.4. The quantitative estimate of drug-likeness (QED) is 0.0959. The summed E-state index contributed by atoms with van der Waals surface area (Å²) in [6, 6.07) is 11.1. The van der Waals surface area contributed by atoms with E-state index < -0.39 is 22.9 Å². The van der Waals surface area contributed by atoms with Crippen molar-refractivity contribution in [2.75, 3.05) is 13.2 Å². The third kappa shape index (κ3) is 8.54. The zero-order chi connectivity index (χ0) is 33.0. The molecule has 0 aliphatic heterocycles. The molecule has 0 aliphatic rings. The molecular formula is C36H43F3N2O4. The van der Waals surface area contributed by atoms with E-state index >= 15 is 0 Å². The molecule has 0 saturated heterocycles. The van der Waals surface area contributed by atoms with Gasteiger partial charge in [0, 0.05) is 23.6 Å². The van der Waals surface area contributed by atoms with Gasteiger partial charge in [0.15, 0.2) is 0 Å². The Morgan fingerprint density at radius 1 is 1.07 bits per heavy atom. The fourth-order valence-electron chi connectivity index (χ4n) is 5.36.